The Labute approximate surface area is 164 Å². The van der Waals surface area contributed by atoms with E-state index in [-0.39, 0.29) is 29.6 Å². The summed E-state index contributed by atoms with van der Waals surface area (Å²) < 4.78 is 17.1. The van der Waals surface area contributed by atoms with Crippen molar-refractivity contribution >= 4 is 11.8 Å². The second kappa shape index (κ2) is 6.65. The normalized spacial score (nSPS) is 33.8. The van der Waals surface area contributed by atoms with Crippen LogP contribution in [0.25, 0.3) is 0 Å². The minimum absolute atomic E-state index is 0.0229. The molecule has 28 heavy (non-hydrogen) atoms. The van der Waals surface area contributed by atoms with E-state index in [4.69, 9.17) is 14.2 Å². The smallest absolute Gasteiger partial charge is 0.258 e. The van der Waals surface area contributed by atoms with Crippen molar-refractivity contribution in [1.29, 1.82) is 0 Å². The highest BCUT2D eigenvalue weighted by molar-refractivity contribution is 5.98. The molecule has 1 N–H and O–H groups in total. The van der Waals surface area contributed by atoms with Crippen molar-refractivity contribution in [2.45, 2.75) is 31.4 Å². The van der Waals surface area contributed by atoms with Crippen LogP contribution in [0.2, 0.25) is 0 Å². The molecule has 2 amide bonds. The third-order valence-electron chi connectivity index (χ3n) is 6.91. The number of hydrogen-bond donors (Lipinski definition) is 1. The van der Waals surface area contributed by atoms with Crippen molar-refractivity contribution in [3.8, 4) is 11.5 Å². The number of benzene rings is 1. The Morgan fingerprint density at radius 1 is 1.29 bits per heavy atom. The van der Waals surface area contributed by atoms with Crippen molar-refractivity contribution in [3.63, 3.8) is 0 Å². The van der Waals surface area contributed by atoms with Crippen LogP contribution in [-0.2, 0) is 9.53 Å². The van der Waals surface area contributed by atoms with Crippen LogP contribution in [0.3, 0.4) is 0 Å². The summed E-state index contributed by atoms with van der Waals surface area (Å²) in [5.74, 6) is 1.78. The van der Waals surface area contributed by atoms with Gasteiger partial charge in [0.15, 0.2) is 5.72 Å². The number of nitrogens with one attached hydrogen (secondary N) is 1. The molecule has 4 fully saturated rings. The van der Waals surface area contributed by atoms with E-state index in [9.17, 15) is 9.59 Å². The van der Waals surface area contributed by atoms with Gasteiger partial charge in [0.2, 0.25) is 5.91 Å². The number of amides is 2. The Morgan fingerprint density at radius 3 is 2.82 bits per heavy atom. The first kappa shape index (κ1) is 17.8. The zero-order valence-corrected chi connectivity index (χ0v) is 16.1. The molecule has 1 spiro atoms. The molecule has 7 heteroatoms. The van der Waals surface area contributed by atoms with Crippen molar-refractivity contribution in [3.05, 3.63) is 23.8 Å². The monoisotopic (exact) mass is 386 g/mol. The Kier molecular flexibility index (Phi) is 4.23. The molecule has 4 atom stereocenters. The second-order valence-corrected chi connectivity index (χ2v) is 8.33. The number of carbonyl (C=O) groups is 2. The van der Waals surface area contributed by atoms with Gasteiger partial charge in [-0.3, -0.25) is 9.59 Å². The Bertz CT molecular complexity index is 806. The molecule has 7 nitrogen and oxygen atoms in total. The first-order valence-electron chi connectivity index (χ1n) is 10.2. The van der Waals surface area contributed by atoms with Gasteiger partial charge in [0, 0.05) is 37.4 Å². The summed E-state index contributed by atoms with van der Waals surface area (Å²) in [6.45, 7) is 2.60. The first-order chi connectivity index (χ1) is 13.6. The lowest BCUT2D eigenvalue weighted by Crippen LogP contribution is -2.67. The van der Waals surface area contributed by atoms with E-state index in [1.165, 1.54) is 0 Å². The topological polar surface area (TPSA) is 77.1 Å². The van der Waals surface area contributed by atoms with E-state index in [0.29, 0.717) is 49.8 Å². The fourth-order valence-corrected chi connectivity index (χ4v) is 5.44. The van der Waals surface area contributed by atoms with E-state index in [1.807, 2.05) is 4.90 Å². The van der Waals surface area contributed by atoms with Gasteiger partial charge in [-0.25, -0.2) is 0 Å². The van der Waals surface area contributed by atoms with Crippen LogP contribution >= 0.6 is 0 Å². The lowest BCUT2D eigenvalue weighted by molar-refractivity contribution is -0.158. The highest BCUT2D eigenvalue weighted by Crippen LogP contribution is 2.53. The van der Waals surface area contributed by atoms with Gasteiger partial charge in [0.05, 0.1) is 25.9 Å². The van der Waals surface area contributed by atoms with Crippen molar-refractivity contribution in [2.24, 2.45) is 17.8 Å². The van der Waals surface area contributed by atoms with Crippen LogP contribution in [0.4, 0.5) is 0 Å². The molecule has 5 aliphatic rings. The fraction of sp³-hybridized carbons (Fsp3) is 0.619. The molecule has 150 valence electrons. The predicted octanol–water partition coefficient (Wildman–Crippen LogP) is 1.81. The number of rotatable bonds is 2. The Hall–Kier alpha value is -2.28. The van der Waals surface area contributed by atoms with Gasteiger partial charge in [-0.1, -0.05) is 0 Å². The van der Waals surface area contributed by atoms with Gasteiger partial charge in [0.1, 0.15) is 11.5 Å². The highest BCUT2D eigenvalue weighted by Gasteiger charge is 2.57. The number of nitrogens with zero attached hydrogens (tertiary/aromatic N) is 1. The maximum atomic E-state index is 13.1. The summed E-state index contributed by atoms with van der Waals surface area (Å²) >= 11 is 0. The number of morpholine rings is 1. The average Bonchev–Trinajstić information content (AvgIpc) is 2.73. The molecule has 3 saturated carbocycles. The molecule has 1 saturated heterocycles. The molecule has 1 aromatic carbocycles. The van der Waals surface area contributed by atoms with E-state index in [1.54, 1.807) is 25.3 Å². The number of ether oxygens (including phenoxy) is 3. The molecule has 2 heterocycles. The van der Waals surface area contributed by atoms with E-state index < -0.39 is 5.72 Å². The molecule has 1 aromatic rings. The molecular weight excluding hydrogens is 360 g/mol. The maximum absolute atomic E-state index is 13.1. The molecule has 4 unspecified atom stereocenters. The molecule has 2 bridgehead atoms. The largest absolute Gasteiger partial charge is 0.497 e. The number of methoxy groups -OCH3 is 1. The van der Waals surface area contributed by atoms with Crippen molar-refractivity contribution in [1.82, 2.24) is 10.2 Å². The number of fused-ring (bicyclic) bond motifs is 3. The molecule has 3 aliphatic carbocycles. The molecule has 6 rings (SSSR count). The number of hydrogen-bond acceptors (Lipinski definition) is 5. The van der Waals surface area contributed by atoms with Crippen LogP contribution in [0, 0.1) is 17.8 Å². The van der Waals surface area contributed by atoms with E-state index >= 15 is 0 Å². The fourth-order valence-electron chi connectivity index (χ4n) is 5.44. The summed E-state index contributed by atoms with van der Waals surface area (Å²) in [7, 11) is 1.60. The summed E-state index contributed by atoms with van der Waals surface area (Å²) in [6.07, 6.45) is 3.43. The Balaban J connectivity index is 1.38. The number of carbonyl (C=O) groups excluding carboxylic acids is 2. The SMILES string of the molecule is COc1ccc2c(c1)OC1(CC3CCC1CC3C(=O)N1CCOCC1)NC2=O. The Morgan fingerprint density at radius 2 is 2.11 bits per heavy atom. The van der Waals surface area contributed by atoms with Crippen molar-refractivity contribution < 1.29 is 23.8 Å². The van der Waals surface area contributed by atoms with Crippen LogP contribution in [0.15, 0.2) is 18.2 Å². The van der Waals surface area contributed by atoms with Gasteiger partial charge in [0.25, 0.3) is 5.91 Å². The lowest BCUT2D eigenvalue weighted by Gasteiger charge is -2.55. The minimum atomic E-state index is -0.707. The van der Waals surface area contributed by atoms with Gasteiger partial charge < -0.3 is 24.4 Å². The third kappa shape index (κ3) is 2.75. The average molecular weight is 386 g/mol. The quantitative estimate of drug-likeness (QED) is 0.839. The summed E-state index contributed by atoms with van der Waals surface area (Å²) in [6, 6.07) is 5.29. The lowest BCUT2D eigenvalue weighted by atomic mass is 9.59. The van der Waals surface area contributed by atoms with Gasteiger partial charge in [-0.15, -0.1) is 0 Å². The second-order valence-electron chi connectivity index (χ2n) is 8.33. The van der Waals surface area contributed by atoms with Crippen LogP contribution in [0.5, 0.6) is 11.5 Å². The van der Waals surface area contributed by atoms with Gasteiger partial charge in [-0.2, -0.15) is 0 Å². The molecular formula is C21H26N2O5. The maximum Gasteiger partial charge on any atom is 0.258 e. The molecule has 0 aromatic heterocycles. The zero-order chi connectivity index (χ0) is 19.3. The van der Waals surface area contributed by atoms with E-state index in [2.05, 4.69) is 5.32 Å². The summed E-state index contributed by atoms with van der Waals surface area (Å²) in [5.41, 5.74) is -0.171. The standard InChI is InChI=1S/C21H26N2O5/c1-26-15-4-5-16-18(11-15)28-21(22-19(16)24)12-13-2-3-14(21)10-17(13)20(25)23-6-8-27-9-7-23/h4-5,11,13-14,17H,2-3,6-10,12H2,1H3,(H,22,24). The highest BCUT2D eigenvalue weighted by atomic mass is 16.5. The summed E-state index contributed by atoms with van der Waals surface area (Å²) in [5, 5.41) is 3.15. The summed E-state index contributed by atoms with van der Waals surface area (Å²) in [4.78, 5) is 27.8. The van der Waals surface area contributed by atoms with E-state index in [0.717, 1.165) is 19.3 Å². The van der Waals surface area contributed by atoms with Crippen LogP contribution in [-0.4, -0.2) is 55.9 Å². The molecule has 0 radical (unpaired) electrons. The zero-order valence-electron chi connectivity index (χ0n) is 16.1. The van der Waals surface area contributed by atoms with Gasteiger partial charge in [-0.05, 0) is 37.3 Å². The minimum Gasteiger partial charge on any atom is -0.497 e. The van der Waals surface area contributed by atoms with Crippen LogP contribution < -0.4 is 14.8 Å². The predicted molar refractivity (Wildman–Crippen MR) is 100 cm³/mol. The third-order valence-corrected chi connectivity index (χ3v) is 6.91. The molecule has 2 aliphatic heterocycles. The first-order valence-corrected chi connectivity index (χ1v) is 10.2. The van der Waals surface area contributed by atoms with Gasteiger partial charge >= 0.3 is 0 Å². The van der Waals surface area contributed by atoms with Crippen LogP contribution in [0.1, 0.15) is 36.0 Å². The van der Waals surface area contributed by atoms with Crippen molar-refractivity contribution in [2.75, 3.05) is 33.4 Å².